The number of carbonyl (C=O) groups excluding carboxylic acids is 5. The van der Waals surface area contributed by atoms with E-state index >= 15 is 0 Å². The third-order valence-corrected chi connectivity index (χ3v) is 13.6. The number of aliphatic hydroxyl groups is 1. The zero-order valence-electron chi connectivity index (χ0n) is 29.6. The van der Waals surface area contributed by atoms with Crippen LogP contribution < -0.4 is 25.6 Å². The number of nitrogens with zero attached hydrogens (tertiary/aromatic N) is 2. The monoisotopic (exact) mass is 746 g/mol. The summed E-state index contributed by atoms with van der Waals surface area (Å²) in [6.07, 6.45) is 0.323. The van der Waals surface area contributed by atoms with Crippen molar-refractivity contribution in [2.24, 2.45) is 5.92 Å². The second kappa shape index (κ2) is 16.3. The molecule has 0 bridgehead atoms. The number of carbonyl (C=O) groups is 5. The highest BCUT2D eigenvalue weighted by Gasteiger charge is 2.55. The highest BCUT2D eigenvalue weighted by molar-refractivity contribution is 7.96. The molecule has 2 aliphatic heterocycles. The van der Waals surface area contributed by atoms with Gasteiger partial charge in [0, 0.05) is 18.9 Å². The van der Waals surface area contributed by atoms with E-state index in [1.165, 1.54) is 42.2 Å². The number of anilines is 1. The molecule has 0 unspecified atom stereocenters. The van der Waals surface area contributed by atoms with Gasteiger partial charge in [0.05, 0.1) is 23.8 Å². The van der Waals surface area contributed by atoms with E-state index in [1.54, 1.807) is 0 Å². The van der Waals surface area contributed by atoms with Crippen LogP contribution in [0, 0.1) is 5.92 Å². The lowest BCUT2D eigenvalue weighted by atomic mass is 9.79. The van der Waals surface area contributed by atoms with Gasteiger partial charge in [-0.1, -0.05) is 116 Å². The Morgan fingerprint density at radius 3 is 1.91 bits per heavy atom. The Morgan fingerprint density at radius 1 is 0.852 bits per heavy atom. The van der Waals surface area contributed by atoms with Crippen molar-refractivity contribution >= 4 is 63.6 Å². The first-order chi connectivity index (χ1) is 26.1. The summed E-state index contributed by atoms with van der Waals surface area (Å²) < 4.78 is 16.4. The van der Waals surface area contributed by atoms with Gasteiger partial charge >= 0.3 is 12.1 Å². The van der Waals surface area contributed by atoms with Crippen LogP contribution in [0.15, 0.2) is 135 Å². The molecule has 2 heterocycles. The number of likely N-dealkylation sites (tertiary alicyclic amines) is 1. The number of imide groups is 1. The highest BCUT2D eigenvalue weighted by atomic mass is 31.2. The number of Topliss-reactive ketones (excluding diaryl/α,β-unsaturated/α-hetero) is 1. The number of fused-ring (bicyclic) bond motifs is 1. The van der Waals surface area contributed by atoms with E-state index in [0.717, 1.165) is 20.8 Å². The zero-order chi connectivity index (χ0) is 38.4. The number of aliphatic hydroxyl groups excluding tert-OH is 1. The molecule has 11 nitrogen and oxygen atoms in total. The van der Waals surface area contributed by atoms with Crippen molar-refractivity contribution < 1.29 is 43.3 Å². The van der Waals surface area contributed by atoms with Gasteiger partial charge in [-0.15, -0.1) is 0 Å². The Bertz CT molecular complexity index is 2050. The summed E-state index contributed by atoms with van der Waals surface area (Å²) in [7, 11) is 0. The number of ketones is 1. The SMILES string of the molecule is C=CCOC(=O)C(N1C(=O)[C@H]([C@@H](C)O)[C@H]1CC(=O)c1ccc2c(c1)N(C(=O)OCC=C)C(=O)CO2)=P(c1ccccc1)(c1ccccc1)c1ccccc1. The van der Waals surface area contributed by atoms with Gasteiger partial charge in [0.25, 0.3) is 5.91 Å². The fraction of sp³-hybridized carbons (Fsp3) is 0.190. The lowest BCUT2D eigenvalue weighted by molar-refractivity contribution is -0.157. The van der Waals surface area contributed by atoms with Crippen molar-refractivity contribution in [3.63, 3.8) is 0 Å². The number of hydrogen-bond acceptors (Lipinski definition) is 9. The molecule has 0 saturated carbocycles. The summed E-state index contributed by atoms with van der Waals surface area (Å²) in [4.78, 5) is 71.2. The molecular weight excluding hydrogens is 707 g/mol. The second-order valence-electron chi connectivity index (χ2n) is 12.6. The molecule has 1 saturated heterocycles. The molecule has 1 N–H and O–H groups in total. The van der Waals surface area contributed by atoms with Crippen LogP contribution in [0.25, 0.3) is 0 Å². The van der Waals surface area contributed by atoms with E-state index in [0.29, 0.717) is 0 Å². The van der Waals surface area contributed by atoms with Crippen LogP contribution >= 0.6 is 6.89 Å². The number of benzene rings is 4. The lowest BCUT2D eigenvalue weighted by Crippen LogP contribution is -2.68. The van der Waals surface area contributed by atoms with Gasteiger partial charge in [-0.25, -0.2) is 14.5 Å². The van der Waals surface area contributed by atoms with Crippen molar-refractivity contribution in [1.82, 2.24) is 4.90 Å². The van der Waals surface area contributed by atoms with E-state index < -0.39 is 61.2 Å². The van der Waals surface area contributed by atoms with Gasteiger partial charge in [-0.2, -0.15) is 0 Å². The Morgan fingerprint density at radius 2 is 1.39 bits per heavy atom. The van der Waals surface area contributed by atoms with Crippen molar-refractivity contribution in [3.8, 4) is 5.75 Å². The lowest BCUT2D eigenvalue weighted by Gasteiger charge is -2.50. The maximum atomic E-state index is 14.7. The first-order valence-electron chi connectivity index (χ1n) is 17.3. The molecule has 0 aliphatic carbocycles. The normalized spacial score (nSPS) is 16.9. The van der Waals surface area contributed by atoms with Crippen molar-refractivity contribution in [1.29, 1.82) is 0 Å². The first kappa shape index (κ1) is 37.7. The summed E-state index contributed by atoms with van der Waals surface area (Å²) in [6, 6.07) is 31.5. The van der Waals surface area contributed by atoms with Gasteiger partial charge in [-0.05, 0) is 41.0 Å². The zero-order valence-corrected chi connectivity index (χ0v) is 30.5. The molecule has 3 atom stereocenters. The largest absolute Gasteiger partial charge is 0.482 e. The van der Waals surface area contributed by atoms with E-state index in [2.05, 4.69) is 13.2 Å². The molecule has 0 spiro atoms. The van der Waals surface area contributed by atoms with Crippen molar-refractivity contribution in [3.05, 3.63) is 140 Å². The molecule has 0 aromatic heterocycles. The van der Waals surface area contributed by atoms with Crippen LogP contribution in [-0.4, -0.2) is 77.1 Å². The molecule has 0 radical (unpaired) electrons. The fourth-order valence-electron chi connectivity index (χ4n) is 6.97. The molecule has 4 aromatic rings. The molecule has 3 amide bonds. The van der Waals surface area contributed by atoms with Crippen LogP contribution in [-0.2, 0) is 23.9 Å². The maximum Gasteiger partial charge on any atom is 0.421 e. The quantitative estimate of drug-likeness (QED) is 0.0695. The molecule has 12 heteroatoms. The minimum Gasteiger partial charge on any atom is -0.482 e. The number of hydrogen-bond donors (Lipinski definition) is 1. The Labute approximate surface area is 313 Å². The van der Waals surface area contributed by atoms with E-state index in [1.807, 2.05) is 91.0 Å². The molecule has 2 aliphatic rings. The van der Waals surface area contributed by atoms with Crippen molar-refractivity contribution in [2.75, 3.05) is 24.7 Å². The molecule has 6 rings (SSSR count). The van der Waals surface area contributed by atoms with Gasteiger partial charge in [0.2, 0.25) is 5.91 Å². The topological polar surface area (TPSA) is 140 Å². The van der Waals surface area contributed by atoms with E-state index in [9.17, 15) is 29.1 Å². The predicted molar refractivity (Wildman–Crippen MR) is 207 cm³/mol. The molecular formula is C42H39N2O9P. The number of esters is 1. The summed E-state index contributed by atoms with van der Waals surface area (Å²) in [6.45, 7) is 4.73. The predicted octanol–water partition coefficient (Wildman–Crippen LogP) is 4.37. The Kier molecular flexibility index (Phi) is 11.4. The molecule has 276 valence electrons. The first-order valence-corrected chi connectivity index (χ1v) is 19.1. The maximum absolute atomic E-state index is 14.7. The Balaban J connectivity index is 1.55. The number of amides is 3. The molecule has 54 heavy (non-hydrogen) atoms. The smallest absolute Gasteiger partial charge is 0.421 e. The van der Waals surface area contributed by atoms with Crippen LogP contribution in [0.2, 0.25) is 0 Å². The van der Waals surface area contributed by atoms with Gasteiger partial charge in [0.1, 0.15) is 24.4 Å². The number of ether oxygens (including phenoxy) is 3. The standard InChI is InChI=1S/C42H39N2O9P/c1-4-23-51-41(49)40(54(30-15-9-6-10-16-30,31-17-11-7-12-18-31)32-19-13-8-14-20-32)44-34(38(28(3)45)39(44)48)26-35(46)29-21-22-36-33(25-29)43(37(47)27-53-36)42(50)52-24-5-2/h4-22,25,28,34,38,45H,1-2,23-24,26-27H2,3H3/t28-,34-,38-/m1/s1. The second-order valence-corrected chi connectivity index (χ2v) is 15.9. The summed E-state index contributed by atoms with van der Waals surface area (Å²) >= 11 is 0. The summed E-state index contributed by atoms with van der Waals surface area (Å²) in [5.74, 6) is -3.34. The van der Waals surface area contributed by atoms with Crippen molar-refractivity contribution in [2.45, 2.75) is 25.5 Å². The molecule has 1 fully saturated rings. The number of rotatable bonds is 13. The fourth-order valence-corrected chi connectivity index (χ4v) is 11.4. The van der Waals surface area contributed by atoms with Gasteiger partial charge < -0.3 is 24.2 Å². The van der Waals surface area contributed by atoms with Gasteiger partial charge in [0.15, 0.2) is 12.4 Å². The third kappa shape index (κ3) is 6.91. The van der Waals surface area contributed by atoms with E-state index in [-0.39, 0.29) is 42.1 Å². The van der Waals surface area contributed by atoms with Crippen LogP contribution in [0.5, 0.6) is 5.75 Å². The van der Waals surface area contributed by atoms with Crippen LogP contribution in [0.3, 0.4) is 0 Å². The van der Waals surface area contributed by atoms with Gasteiger partial charge in [-0.3, -0.25) is 14.4 Å². The third-order valence-electron chi connectivity index (χ3n) is 9.30. The number of β-lactam (4-membered cyclic amide) rings is 1. The minimum atomic E-state index is -3.28. The average Bonchev–Trinajstić information content (AvgIpc) is 3.19. The summed E-state index contributed by atoms with van der Waals surface area (Å²) in [5.41, 5.74) is 0.165. The highest BCUT2D eigenvalue weighted by Crippen LogP contribution is 2.50. The minimum absolute atomic E-state index is 0.0159. The summed E-state index contributed by atoms with van der Waals surface area (Å²) in [5, 5.41) is 13.3. The van der Waals surface area contributed by atoms with Crippen LogP contribution in [0.4, 0.5) is 10.5 Å². The van der Waals surface area contributed by atoms with Crippen LogP contribution in [0.1, 0.15) is 23.7 Å². The average molecular weight is 747 g/mol. The van der Waals surface area contributed by atoms with E-state index in [4.69, 9.17) is 14.2 Å². The Hall–Kier alpha value is -6.03. The molecule has 4 aromatic carbocycles.